The van der Waals surface area contributed by atoms with E-state index in [2.05, 4.69) is 10.3 Å². The van der Waals surface area contributed by atoms with Crippen LogP contribution in [0.15, 0.2) is 22.2 Å². The molecule has 0 bridgehead atoms. The Balaban J connectivity index is 2.11. The molecule has 1 atom stereocenters. The minimum absolute atomic E-state index is 0.0308. The average molecular weight is 267 g/mol. The van der Waals surface area contributed by atoms with Gasteiger partial charge in [-0.25, -0.2) is 4.98 Å². The van der Waals surface area contributed by atoms with Gasteiger partial charge in [-0.1, -0.05) is 11.8 Å². The lowest BCUT2D eigenvalue weighted by Crippen LogP contribution is -2.41. The molecule has 0 aliphatic carbocycles. The molecule has 0 radical (unpaired) electrons. The Morgan fingerprint density at radius 2 is 2.33 bits per heavy atom. The maximum Gasteiger partial charge on any atom is 0.254 e. The molecule has 0 aromatic carbocycles. The van der Waals surface area contributed by atoms with Crippen molar-refractivity contribution < 1.29 is 4.79 Å². The third-order valence-corrected chi connectivity index (χ3v) is 3.66. The van der Waals surface area contributed by atoms with Crippen LogP contribution < -0.4 is 10.9 Å². The molecule has 1 amide bonds. The van der Waals surface area contributed by atoms with Crippen molar-refractivity contribution in [3.63, 3.8) is 0 Å². The molecule has 2 rings (SSSR count). The van der Waals surface area contributed by atoms with Crippen molar-refractivity contribution in [2.75, 3.05) is 5.75 Å². The topological polar surface area (TPSA) is 64.0 Å². The monoisotopic (exact) mass is 267 g/mol. The number of nitrogens with zero attached hydrogens (tertiary/aromatic N) is 2. The summed E-state index contributed by atoms with van der Waals surface area (Å²) < 4.78 is 1.62. The van der Waals surface area contributed by atoms with Crippen molar-refractivity contribution in [2.24, 2.45) is 0 Å². The van der Waals surface area contributed by atoms with Gasteiger partial charge in [0, 0.05) is 30.0 Å². The smallest absolute Gasteiger partial charge is 0.254 e. The Hall–Kier alpha value is -1.30. The molecule has 0 saturated carbocycles. The summed E-state index contributed by atoms with van der Waals surface area (Å²) in [5, 5.41) is 3.62. The third kappa shape index (κ3) is 2.93. The lowest BCUT2D eigenvalue weighted by atomic mass is 10.1. The summed E-state index contributed by atoms with van der Waals surface area (Å²) in [4.78, 5) is 27.8. The van der Waals surface area contributed by atoms with E-state index in [9.17, 15) is 9.59 Å². The van der Waals surface area contributed by atoms with Gasteiger partial charge in [-0.15, -0.1) is 0 Å². The van der Waals surface area contributed by atoms with Gasteiger partial charge in [-0.3, -0.25) is 14.2 Å². The largest absolute Gasteiger partial charge is 0.351 e. The van der Waals surface area contributed by atoms with Gasteiger partial charge in [0.05, 0.1) is 6.04 Å². The van der Waals surface area contributed by atoms with Gasteiger partial charge in [0.15, 0.2) is 5.16 Å². The van der Waals surface area contributed by atoms with Crippen LogP contribution in [0.3, 0.4) is 0 Å². The summed E-state index contributed by atoms with van der Waals surface area (Å²) in [5.41, 5.74) is -0.329. The van der Waals surface area contributed by atoms with Gasteiger partial charge in [0.2, 0.25) is 5.91 Å². The van der Waals surface area contributed by atoms with Crippen molar-refractivity contribution in [3.05, 3.63) is 22.6 Å². The number of fused-ring (bicyclic) bond motifs is 1. The average Bonchev–Trinajstić information content (AvgIpc) is 2.59. The molecule has 1 aliphatic heterocycles. The van der Waals surface area contributed by atoms with Gasteiger partial charge in [0.1, 0.15) is 0 Å². The molecule has 1 unspecified atom stereocenters. The summed E-state index contributed by atoms with van der Waals surface area (Å²) in [5.74, 6) is 0.695. The summed E-state index contributed by atoms with van der Waals surface area (Å²) in [6.07, 6.45) is 1.83. The number of aromatic nitrogens is 2. The first-order valence-electron chi connectivity index (χ1n) is 5.88. The summed E-state index contributed by atoms with van der Waals surface area (Å²) in [6.45, 7) is 5.82. The number of rotatable bonds is 2. The fourth-order valence-electron chi connectivity index (χ4n) is 1.92. The molecule has 5 nitrogen and oxygen atoms in total. The van der Waals surface area contributed by atoms with Crippen LogP contribution in [-0.4, -0.2) is 26.8 Å². The van der Waals surface area contributed by atoms with Crippen molar-refractivity contribution in [2.45, 2.75) is 43.9 Å². The van der Waals surface area contributed by atoms with Gasteiger partial charge < -0.3 is 5.32 Å². The second-order valence-corrected chi connectivity index (χ2v) is 6.39. The first-order chi connectivity index (χ1) is 8.37. The Bertz CT molecular complexity index is 519. The normalized spacial score (nSPS) is 18.5. The van der Waals surface area contributed by atoms with Gasteiger partial charge >= 0.3 is 0 Å². The second-order valence-electron chi connectivity index (χ2n) is 5.40. The highest BCUT2D eigenvalue weighted by molar-refractivity contribution is 7.99. The first-order valence-corrected chi connectivity index (χ1v) is 6.87. The van der Waals surface area contributed by atoms with Crippen LogP contribution in [0, 0.1) is 0 Å². The molecular formula is C12H17N3O2S. The Morgan fingerprint density at radius 1 is 1.61 bits per heavy atom. The quantitative estimate of drug-likeness (QED) is 0.818. The van der Waals surface area contributed by atoms with Crippen LogP contribution in [0.25, 0.3) is 0 Å². The number of carbonyl (C=O) groups excluding carboxylic acids is 1. The molecule has 6 heteroatoms. The Labute approximate surface area is 110 Å². The van der Waals surface area contributed by atoms with Crippen LogP contribution in [0.2, 0.25) is 0 Å². The summed E-state index contributed by atoms with van der Waals surface area (Å²) in [7, 11) is 0. The van der Waals surface area contributed by atoms with Crippen molar-refractivity contribution in [1.82, 2.24) is 14.9 Å². The minimum Gasteiger partial charge on any atom is -0.351 e. The molecule has 0 spiro atoms. The molecule has 18 heavy (non-hydrogen) atoms. The number of carbonyl (C=O) groups is 1. The third-order valence-electron chi connectivity index (χ3n) is 2.55. The first kappa shape index (κ1) is 13.1. The summed E-state index contributed by atoms with van der Waals surface area (Å²) >= 11 is 1.52. The molecule has 1 N–H and O–H groups in total. The summed E-state index contributed by atoms with van der Waals surface area (Å²) in [6, 6.07) is 1.35. The number of hydrogen-bond acceptors (Lipinski definition) is 4. The van der Waals surface area contributed by atoms with Crippen LogP contribution in [0.4, 0.5) is 0 Å². The number of amides is 1. The molecular weight excluding hydrogens is 250 g/mol. The van der Waals surface area contributed by atoms with Gasteiger partial charge in [0.25, 0.3) is 5.56 Å². The van der Waals surface area contributed by atoms with Crippen molar-refractivity contribution >= 4 is 17.7 Å². The van der Waals surface area contributed by atoms with E-state index in [0.717, 1.165) is 5.75 Å². The zero-order chi connectivity index (χ0) is 13.3. The van der Waals surface area contributed by atoms with Gasteiger partial charge in [-0.2, -0.15) is 0 Å². The predicted octanol–water partition coefficient (Wildman–Crippen LogP) is 1.19. The van der Waals surface area contributed by atoms with E-state index in [0.29, 0.717) is 11.6 Å². The number of thioether (sulfide) groups is 1. The zero-order valence-corrected chi connectivity index (χ0v) is 11.6. The highest BCUT2D eigenvalue weighted by Gasteiger charge is 2.27. The highest BCUT2D eigenvalue weighted by Crippen LogP contribution is 2.31. The highest BCUT2D eigenvalue weighted by atomic mass is 32.2. The van der Waals surface area contributed by atoms with Crippen LogP contribution in [0.5, 0.6) is 0 Å². The van der Waals surface area contributed by atoms with E-state index >= 15 is 0 Å². The fraction of sp³-hybridized carbons (Fsp3) is 0.583. The molecule has 0 fully saturated rings. The molecule has 1 aromatic rings. The fourth-order valence-corrected chi connectivity index (χ4v) is 3.05. The maximum absolute atomic E-state index is 11.9. The Morgan fingerprint density at radius 3 is 3.00 bits per heavy atom. The predicted molar refractivity (Wildman–Crippen MR) is 70.8 cm³/mol. The molecule has 1 aliphatic rings. The Kier molecular flexibility index (Phi) is 3.47. The van der Waals surface area contributed by atoms with Gasteiger partial charge in [-0.05, 0) is 20.8 Å². The van der Waals surface area contributed by atoms with Crippen LogP contribution >= 0.6 is 11.8 Å². The SMILES string of the molecule is CC(C)(C)NC(=O)CC1CSc2nccc(=O)n21. The van der Waals surface area contributed by atoms with E-state index in [-0.39, 0.29) is 23.0 Å². The standard InChI is InChI=1S/C12H17N3O2S/c1-12(2,3)14-9(16)6-8-7-18-11-13-5-4-10(17)15(8)11/h4-5,8H,6-7H2,1-3H3,(H,14,16). The van der Waals surface area contributed by atoms with Crippen molar-refractivity contribution in [3.8, 4) is 0 Å². The molecule has 98 valence electrons. The second kappa shape index (κ2) is 4.76. The van der Waals surface area contributed by atoms with Crippen molar-refractivity contribution in [1.29, 1.82) is 0 Å². The minimum atomic E-state index is -0.244. The molecule has 2 heterocycles. The zero-order valence-electron chi connectivity index (χ0n) is 10.8. The van der Waals surface area contributed by atoms with E-state index in [1.165, 1.54) is 24.0 Å². The lowest BCUT2D eigenvalue weighted by molar-refractivity contribution is -0.123. The molecule has 0 saturated heterocycles. The van der Waals surface area contributed by atoms with E-state index < -0.39 is 0 Å². The number of hydrogen-bond donors (Lipinski definition) is 1. The van der Waals surface area contributed by atoms with E-state index in [1.54, 1.807) is 4.57 Å². The van der Waals surface area contributed by atoms with E-state index in [1.807, 2.05) is 20.8 Å². The van der Waals surface area contributed by atoms with Crippen LogP contribution in [0.1, 0.15) is 33.2 Å². The maximum atomic E-state index is 11.9. The number of nitrogens with one attached hydrogen (secondary N) is 1. The molecule has 1 aromatic heterocycles. The lowest BCUT2D eigenvalue weighted by Gasteiger charge is -2.22. The van der Waals surface area contributed by atoms with Crippen LogP contribution in [-0.2, 0) is 4.79 Å². The van der Waals surface area contributed by atoms with E-state index in [4.69, 9.17) is 0 Å².